The highest BCUT2D eigenvalue weighted by atomic mass is 35.5. The highest BCUT2D eigenvalue weighted by molar-refractivity contribution is 7.92. The SMILES string of the molecule is O=C1Cc2cc(Cl)c(O)c(c2)S(=O)(=O)Nc2cc(c(F)cc2F)-c2ccccc2CO1. The van der Waals surface area contributed by atoms with Gasteiger partial charge in [-0.3, -0.25) is 9.52 Å². The molecule has 0 saturated heterocycles. The van der Waals surface area contributed by atoms with Crippen molar-refractivity contribution in [3.05, 3.63) is 76.3 Å². The molecular formula is C21H14ClF2NO5S. The van der Waals surface area contributed by atoms with Crippen LogP contribution in [0.1, 0.15) is 11.1 Å². The molecule has 0 atom stereocenters. The van der Waals surface area contributed by atoms with Crippen molar-refractivity contribution in [1.82, 2.24) is 0 Å². The lowest BCUT2D eigenvalue weighted by atomic mass is 9.99. The number of anilines is 1. The number of phenols is 1. The lowest BCUT2D eigenvalue weighted by Gasteiger charge is -2.16. The molecule has 0 saturated carbocycles. The number of fused-ring (bicyclic) bond motifs is 6. The van der Waals surface area contributed by atoms with Gasteiger partial charge in [0.05, 0.1) is 17.1 Å². The Hall–Kier alpha value is -3.17. The first-order valence-electron chi connectivity index (χ1n) is 8.93. The van der Waals surface area contributed by atoms with Gasteiger partial charge in [0, 0.05) is 11.6 Å². The van der Waals surface area contributed by atoms with Gasteiger partial charge in [0.25, 0.3) is 10.0 Å². The number of phenolic OH excluding ortho intramolecular Hbond substituents is 1. The van der Waals surface area contributed by atoms with Gasteiger partial charge < -0.3 is 9.84 Å². The first-order valence-corrected chi connectivity index (χ1v) is 10.8. The van der Waals surface area contributed by atoms with Crippen molar-refractivity contribution < 1.29 is 31.8 Å². The Morgan fingerprint density at radius 2 is 1.77 bits per heavy atom. The van der Waals surface area contributed by atoms with Gasteiger partial charge in [0.15, 0.2) is 5.75 Å². The van der Waals surface area contributed by atoms with E-state index in [0.717, 1.165) is 12.1 Å². The fourth-order valence-electron chi connectivity index (χ4n) is 3.25. The van der Waals surface area contributed by atoms with Crippen LogP contribution in [-0.4, -0.2) is 19.5 Å². The van der Waals surface area contributed by atoms with Crippen molar-refractivity contribution in [1.29, 1.82) is 0 Å². The van der Waals surface area contributed by atoms with E-state index in [1.807, 2.05) is 4.72 Å². The smallest absolute Gasteiger partial charge is 0.310 e. The summed E-state index contributed by atoms with van der Waals surface area (Å²) in [6, 6.07) is 10.2. The monoisotopic (exact) mass is 465 g/mol. The number of carbonyl (C=O) groups excluding carboxylic acids is 1. The van der Waals surface area contributed by atoms with E-state index in [1.54, 1.807) is 18.2 Å². The Bertz CT molecular complexity index is 1330. The molecule has 4 rings (SSSR count). The number of aromatic hydroxyl groups is 1. The Labute approximate surface area is 181 Å². The van der Waals surface area contributed by atoms with E-state index in [-0.39, 0.29) is 29.2 Å². The Morgan fingerprint density at radius 3 is 2.55 bits per heavy atom. The van der Waals surface area contributed by atoms with Gasteiger partial charge in [0.2, 0.25) is 0 Å². The molecule has 0 radical (unpaired) electrons. The van der Waals surface area contributed by atoms with E-state index in [0.29, 0.717) is 17.2 Å². The van der Waals surface area contributed by atoms with Gasteiger partial charge in [0.1, 0.15) is 23.1 Å². The maximum Gasteiger partial charge on any atom is 0.310 e. The van der Waals surface area contributed by atoms with Crippen molar-refractivity contribution in [2.24, 2.45) is 0 Å². The number of sulfonamides is 1. The van der Waals surface area contributed by atoms with Crippen LogP contribution in [0.15, 0.2) is 53.4 Å². The minimum Gasteiger partial charge on any atom is -0.505 e. The molecule has 1 heterocycles. The van der Waals surface area contributed by atoms with E-state index >= 15 is 0 Å². The Kier molecular flexibility index (Phi) is 5.32. The predicted octanol–water partition coefficient (Wildman–Crippen LogP) is 4.39. The van der Waals surface area contributed by atoms with Gasteiger partial charge in [-0.2, -0.15) is 0 Å². The number of cyclic esters (lactones) is 1. The molecule has 0 spiro atoms. The number of nitrogens with one attached hydrogen (secondary N) is 1. The van der Waals surface area contributed by atoms with Crippen molar-refractivity contribution in [2.75, 3.05) is 4.72 Å². The van der Waals surface area contributed by atoms with E-state index in [2.05, 4.69) is 0 Å². The van der Waals surface area contributed by atoms with E-state index in [4.69, 9.17) is 16.3 Å². The highest BCUT2D eigenvalue weighted by Gasteiger charge is 2.25. The fraction of sp³-hybridized carbons (Fsp3) is 0.0952. The Balaban J connectivity index is 1.97. The van der Waals surface area contributed by atoms with E-state index < -0.39 is 44.0 Å². The molecule has 3 aromatic rings. The normalized spacial score (nSPS) is 15.3. The molecule has 0 amide bonds. The number of halogens is 3. The van der Waals surface area contributed by atoms with Gasteiger partial charge >= 0.3 is 5.97 Å². The zero-order chi connectivity index (χ0) is 22.3. The van der Waals surface area contributed by atoms with E-state index in [1.165, 1.54) is 12.1 Å². The average molecular weight is 466 g/mol. The number of esters is 1. The highest BCUT2D eigenvalue weighted by Crippen LogP contribution is 2.36. The van der Waals surface area contributed by atoms with Crippen LogP contribution in [0, 0.1) is 11.6 Å². The van der Waals surface area contributed by atoms with Gasteiger partial charge in [-0.05, 0) is 34.9 Å². The van der Waals surface area contributed by atoms with Crippen LogP contribution in [0.2, 0.25) is 5.02 Å². The first kappa shape index (κ1) is 21.1. The third-order valence-electron chi connectivity index (χ3n) is 4.72. The number of benzene rings is 3. The molecule has 160 valence electrons. The molecule has 0 unspecified atom stereocenters. The van der Waals surface area contributed by atoms with Gasteiger partial charge in [-0.25, -0.2) is 17.2 Å². The molecule has 6 nitrogen and oxygen atoms in total. The maximum atomic E-state index is 14.6. The molecule has 1 aliphatic heterocycles. The van der Waals surface area contributed by atoms with Crippen LogP contribution in [0.25, 0.3) is 11.1 Å². The topological polar surface area (TPSA) is 92.7 Å². The summed E-state index contributed by atoms with van der Waals surface area (Å²) in [4.78, 5) is 11.6. The maximum absolute atomic E-state index is 14.6. The van der Waals surface area contributed by atoms with Crippen LogP contribution in [0.4, 0.5) is 14.5 Å². The molecule has 10 heteroatoms. The molecule has 2 N–H and O–H groups in total. The van der Waals surface area contributed by atoms with Crippen LogP contribution < -0.4 is 4.72 Å². The lowest BCUT2D eigenvalue weighted by Crippen LogP contribution is -2.16. The minimum absolute atomic E-state index is 0.0983. The van der Waals surface area contributed by atoms with Gasteiger partial charge in [-0.1, -0.05) is 35.9 Å². The molecule has 4 bridgehead atoms. The third kappa shape index (κ3) is 4.06. The second kappa shape index (κ2) is 7.82. The standard InChI is InChI=1S/C21H14ClF2NO5S/c22-15-5-11-6-19(21(15)27)31(28,29)25-18-8-14(16(23)9-17(18)24)13-4-2-1-3-12(13)10-30-20(26)7-11/h1-6,8-9,25,27H,7,10H2. The van der Waals surface area contributed by atoms with Crippen LogP contribution in [-0.2, 0) is 32.6 Å². The Morgan fingerprint density at radius 1 is 1.03 bits per heavy atom. The lowest BCUT2D eigenvalue weighted by molar-refractivity contribution is -0.144. The van der Waals surface area contributed by atoms with Crippen molar-refractivity contribution in [2.45, 2.75) is 17.9 Å². The van der Waals surface area contributed by atoms with Crippen LogP contribution in [0.5, 0.6) is 5.75 Å². The minimum atomic E-state index is -4.55. The largest absolute Gasteiger partial charge is 0.505 e. The number of hydrogen-bond donors (Lipinski definition) is 2. The number of rotatable bonds is 0. The molecular weight excluding hydrogens is 452 g/mol. The summed E-state index contributed by atoms with van der Waals surface area (Å²) in [5.41, 5.74) is 0.283. The zero-order valence-electron chi connectivity index (χ0n) is 15.7. The van der Waals surface area contributed by atoms with Crippen molar-refractivity contribution in [3.63, 3.8) is 0 Å². The van der Waals surface area contributed by atoms with Crippen LogP contribution in [0.3, 0.4) is 0 Å². The average Bonchev–Trinajstić information content (AvgIpc) is 2.70. The van der Waals surface area contributed by atoms with Crippen LogP contribution >= 0.6 is 11.6 Å². The molecule has 0 fully saturated rings. The summed E-state index contributed by atoms with van der Waals surface area (Å²) in [7, 11) is -4.55. The first-order chi connectivity index (χ1) is 14.7. The summed E-state index contributed by atoms with van der Waals surface area (Å²) in [6.45, 7) is -0.189. The summed E-state index contributed by atoms with van der Waals surface area (Å²) in [5, 5.41) is 9.85. The van der Waals surface area contributed by atoms with E-state index in [9.17, 15) is 27.1 Å². The summed E-state index contributed by atoms with van der Waals surface area (Å²) >= 11 is 5.93. The molecule has 0 aromatic heterocycles. The molecule has 1 aliphatic rings. The molecule has 0 aliphatic carbocycles. The number of carbonyl (C=O) groups is 1. The fourth-order valence-corrected chi connectivity index (χ4v) is 4.78. The summed E-state index contributed by atoms with van der Waals surface area (Å²) < 4.78 is 62.1. The van der Waals surface area contributed by atoms with Crippen molar-refractivity contribution in [3.8, 4) is 16.9 Å². The number of hydrogen-bond acceptors (Lipinski definition) is 5. The second-order valence-electron chi connectivity index (χ2n) is 6.84. The predicted molar refractivity (Wildman–Crippen MR) is 109 cm³/mol. The molecule has 31 heavy (non-hydrogen) atoms. The zero-order valence-corrected chi connectivity index (χ0v) is 17.2. The molecule has 3 aromatic carbocycles. The number of ether oxygens (including phenoxy) is 1. The summed E-state index contributed by atoms with van der Waals surface area (Å²) in [5.74, 6) is -3.54. The third-order valence-corrected chi connectivity index (χ3v) is 6.39. The quantitative estimate of drug-likeness (QED) is 0.480. The van der Waals surface area contributed by atoms with Crippen molar-refractivity contribution >= 4 is 33.3 Å². The summed E-state index contributed by atoms with van der Waals surface area (Å²) in [6.07, 6.45) is -0.335. The van der Waals surface area contributed by atoms with Gasteiger partial charge in [-0.15, -0.1) is 0 Å². The second-order valence-corrected chi connectivity index (χ2v) is 8.89.